The number of carbonyl (C=O) groups is 1. The van der Waals surface area contributed by atoms with E-state index in [9.17, 15) is 9.90 Å². The predicted octanol–water partition coefficient (Wildman–Crippen LogP) is 6.59. The topological polar surface area (TPSA) is 68.2 Å². The lowest BCUT2D eigenvalue weighted by Gasteiger charge is -2.39. The van der Waals surface area contributed by atoms with Gasteiger partial charge in [0, 0.05) is 29.5 Å². The maximum absolute atomic E-state index is 15.8. The first-order valence-corrected chi connectivity index (χ1v) is 14.0. The smallest absolute Gasteiger partial charge is 0.232 e. The van der Waals surface area contributed by atoms with Crippen molar-refractivity contribution in [3.05, 3.63) is 87.7 Å². The summed E-state index contributed by atoms with van der Waals surface area (Å²) in [6, 6.07) is 15.2. The molecule has 2 aliphatic rings. The van der Waals surface area contributed by atoms with Crippen LogP contribution in [0, 0.1) is 11.7 Å². The van der Waals surface area contributed by atoms with Crippen molar-refractivity contribution in [1.82, 2.24) is 0 Å². The van der Waals surface area contributed by atoms with Crippen molar-refractivity contribution >= 4 is 23.2 Å². The van der Waals surface area contributed by atoms with Crippen molar-refractivity contribution in [3.8, 4) is 11.5 Å². The van der Waals surface area contributed by atoms with Crippen LogP contribution in [-0.4, -0.2) is 37.4 Å². The van der Waals surface area contributed by atoms with E-state index in [1.165, 1.54) is 6.07 Å². The molecular weight excluding hydrogens is 533 g/mol. The molecule has 8 heteroatoms. The third kappa shape index (κ3) is 5.42. The summed E-state index contributed by atoms with van der Waals surface area (Å²) in [6.45, 7) is 6.61. The number of anilines is 1. The van der Waals surface area contributed by atoms with E-state index < -0.39 is 17.5 Å². The monoisotopic (exact) mass is 567 g/mol. The van der Waals surface area contributed by atoms with E-state index in [-0.39, 0.29) is 29.9 Å². The quantitative estimate of drug-likeness (QED) is 0.349. The van der Waals surface area contributed by atoms with Gasteiger partial charge in [-0.2, -0.15) is 0 Å². The largest absolute Gasteiger partial charge is 0.493 e. The van der Waals surface area contributed by atoms with E-state index in [4.69, 9.17) is 25.8 Å². The highest BCUT2D eigenvalue weighted by atomic mass is 35.5. The minimum Gasteiger partial charge on any atom is -0.493 e. The Morgan fingerprint density at radius 2 is 1.77 bits per heavy atom. The lowest BCUT2D eigenvalue weighted by atomic mass is 9.78. The molecule has 40 heavy (non-hydrogen) atoms. The first-order chi connectivity index (χ1) is 19.1. The Kier molecular flexibility index (Phi) is 8.09. The van der Waals surface area contributed by atoms with Crippen molar-refractivity contribution < 1.29 is 28.5 Å². The van der Waals surface area contributed by atoms with E-state index in [0.717, 1.165) is 16.7 Å². The van der Waals surface area contributed by atoms with Gasteiger partial charge in [-0.25, -0.2) is 4.39 Å². The number of hydrogen-bond donors (Lipinski definition) is 1. The zero-order valence-corrected chi connectivity index (χ0v) is 24.0. The molecule has 3 aromatic rings. The molecule has 5 rings (SSSR count). The Bertz CT molecular complexity index is 1380. The van der Waals surface area contributed by atoms with Crippen LogP contribution < -0.4 is 14.4 Å². The molecule has 0 spiro atoms. The summed E-state index contributed by atoms with van der Waals surface area (Å²) in [4.78, 5) is 15.4. The number of hydrogen-bond acceptors (Lipinski definition) is 5. The number of carbonyl (C=O) groups excluding carboxylic acids is 1. The van der Waals surface area contributed by atoms with Gasteiger partial charge in [0.15, 0.2) is 11.5 Å². The molecule has 0 bridgehead atoms. The minimum absolute atomic E-state index is 0.0904. The predicted molar refractivity (Wildman–Crippen MR) is 153 cm³/mol. The first-order valence-electron chi connectivity index (χ1n) is 13.6. The molecule has 0 saturated carbocycles. The summed E-state index contributed by atoms with van der Waals surface area (Å²) >= 11 is 6.20. The van der Waals surface area contributed by atoms with E-state index in [0.29, 0.717) is 48.3 Å². The summed E-state index contributed by atoms with van der Waals surface area (Å²) in [5, 5.41) is 11.9. The number of ether oxygens (including phenoxy) is 3. The summed E-state index contributed by atoms with van der Waals surface area (Å²) in [7, 11) is 1.57. The summed E-state index contributed by atoms with van der Waals surface area (Å²) in [5.74, 6) is 0.255. The Labute approximate surface area is 239 Å². The molecule has 1 fully saturated rings. The number of amides is 1. The van der Waals surface area contributed by atoms with Gasteiger partial charge in [-0.3, -0.25) is 4.79 Å². The Morgan fingerprint density at radius 3 is 2.40 bits per heavy atom. The van der Waals surface area contributed by atoms with Crippen LogP contribution in [0.3, 0.4) is 0 Å². The van der Waals surface area contributed by atoms with Gasteiger partial charge < -0.3 is 24.2 Å². The van der Waals surface area contributed by atoms with Crippen molar-refractivity contribution in [1.29, 1.82) is 0 Å². The number of methoxy groups -OCH3 is 1. The van der Waals surface area contributed by atoms with E-state index in [1.54, 1.807) is 43.2 Å². The molecular formula is C32H35ClFNO5. The number of fused-ring (bicyclic) bond motifs is 1. The number of halogens is 2. The lowest BCUT2D eigenvalue weighted by Crippen LogP contribution is -2.41. The Balaban J connectivity index is 1.61. The second kappa shape index (κ2) is 11.4. The first kappa shape index (κ1) is 28.4. The van der Waals surface area contributed by atoms with E-state index in [2.05, 4.69) is 0 Å². The highest BCUT2D eigenvalue weighted by molar-refractivity contribution is 6.30. The van der Waals surface area contributed by atoms with Crippen LogP contribution in [0.4, 0.5) is 10.1 Å². The van der Waals surface area contributed by atoms with Crippen LogP contribution in [0.5, 0.6) is 11.5 Å². The zero-order chi connectivity index (χ0) is 28.6. The van der Waals surface area contributed by atoms with Crippen LogP contribution in [0.15, 0.2) is 54.6 Å². The van der Waals surface area contributed by atoms with Gasteiger partial charge >= 0.3 is 0 Å². The SMILES string of the molecule is COc1cc2c(cc1OC(C)C)C(c1ccc(Cl)cc1)N(c1ccc([C@@](C)(O)C3CCOCC3)c(F)c1)C(=O)C2. The van der Waals surface area contributed by atoms with Gasteiger partial charge in [-0.15, -0.1) is 0 Å². The molecule has 2 atom stereocenters. The second-order valence-corrected chi connectivity index (χ2v) is 11.4. The average Bonchev–Trinajstić information content (AvgIpc) is 2.92. The third-order valence-electron chi connectivity index (χ3n) is 7.93. The molecule has 1 N–H and O–H groups in total. The van der Waals surface area contributed by atoms with Gasteiger partial charge in [-0.05, 0) is 92.6 Å². The fourth-order valence-electron chi connectivity index (χ4n) is 5.87. The van der Waals surface area contributed by atoms with Crippen molar-refractivity contribution in [2.75, 3.05) is 25.2 Å². The molecule has 2 heterocycles. The lowest BCUT2D eigenvalue weighted by molar-refractivity contribution is -0.118. The van der Waals surface area contributed by atoms with Crippen LogP contribution in [0.25, 0.3) is 0 Å². The molecule has 1 unspecified atom stereocenters. The third-order valence-corrected chi connectivity index (χ3v) is 8.18. The Morgan fingerprint density at radius 1 is 1.07 bits per heavy atom. The van der Waals surface area contributed by atoms with Crippen LogP contribution in [-0.2, 0) is 21.6 Å². The normalized spacial score (nSPS) is 19.4. The highest BCUT2D eigenvalue weighted by Crippen LogP contribution is 2.45. The molecule has 212 valence electrons. The second-order valence-electron chi connectivity index (χ2n) is 11.0. The maximum Gasteiger partial charge on any atom is 0.232 e. The van der Waals surface area contributed by atoms with Crippen molar-refractivity contribution in [2.24, 2.45) is 5.92 Å². The van der Waals surface area contributed by atoms with Crippen LogP contribution >= 0.6 is 11.6 Å². The van der Waals surface area contributed by atoms with Crippen molar-refractivity contribution in [3.63, 3.8) is 0 Å². The molecule has 2 aliphatic heterocycles. The standard InChI is InChI=1S/C32H35ClFNO5/c1-19(2)40-29-18-25-21(15-28(29)38-4)16-30(36)35(31(25)20-5-7-23(33)8-6-20)24-9-10-26(27(34)17-24)32(3,37)22-11-13-39-14-12-22/h5-10,15,17-19,22,31,37H,11-14,16H2,1-4H3/t31?,32-/m0/s1. The molecule has 0 radical (unpaired) electrons. The molecule has 1 saturated heterocycles. The maximum atomic E-state index is 15.8. The van der Waals surface area contributed by atoms with Gasteiger partial charge in [0.05, 0.1) is 31.3 Å². The summed E-state index contributed by atoms with van der Waals surface area (Å²) in [6.07, 6.45) is 1.32. The van der Waals surface area contributed by atoms with Gasteiger partial charge in [0.2, 0.25) is 5.91 Å². The minimum atomic E-state index is -1.36. The molecule has 6 nitrogen and oxygen atoms in total. The van der Waals surface area contributed by atoms with Crippen LogP contribution in [0.2, 0.25) is 5.02 Å². The molecule has 0 aromatic heterocycles. The molecule has 0 aliphatic carbocycles. The van der Waals surface area contributed by atoms with Crippen molar-refractivity contribution in [2.45, 2.75) is 57.8 Å². The molecule has 1 amide bonds. The zero-order valence-electron chi connectivity index (χ0n) is 23.2. The number of nitrogens with zero attached hydrogens (tertiary/aromatic N) is 1. The molecule has 3 aromatic carbocycles. The summed E-state index contributed by atoms with van der Waals surface area (Å²) in [5.41, 5.74) is 1.75. The number of aliphatic hydroxyl groups is 1. The van der Waals surface area contributed by atoms with Gasteiger partial charge in [0.25, 0.3) is 0 Å². The number of rotatable bonds is 7. The van der Waals surface area contributed by atoms with Gasteiger partial charge in [0.1, 0.15) is 5.82 Å². The average molecular weight is 568 g/mol. The fraction of sp³-hybridized carbons (Fsp3) is 0.406. The van der Waals surface area contributed by atoms with E-state index >= 15 is 4.39 Å². The fourth-order valence-corrected chi connectivity index (χ4v) is 6.00. The van der Waals surface area contributed by atoms with E-state index in [1.807, 2.05) is 38.1 Å². The highest BCUT2D eigenvalue weighted by Gasteiger charge is 2.39. The number of benzene rings is 3. The summed E-state index contributed by atoms with van der Waals surface area (Å²) < 4.78 is 32.9. The van der Waals surface area contributed by atoms with Gasteiger partial charge in [-0.1, -0.05) is 29.8 Å². The Hall–Kier alpha value is -3.13. The van der Waals surface area contributed by atoms with Crippen LogP contribution in [0.1, 0.15) is 61.9 Å².